The zero-order valence-electron chi connectivity index (χ0n) is 8.05. The second-order valence-corrected chi connectivity index (χ2v) is 3.15. The average Bonchev–Trinajstić information content (AvgIpc) is 2.16. The second-order valence-electron chi connectivity index (χ2n) is 3.15. The third kappa shape index (κ3) is 2.74. The Morgan fingerprint density at radius 1 is 1.38 bits per heavy atom. The van der Waals surface area contributed by atoms with Gasteiger partial charge in [-0.05, 0) is 17.7 Å². The van der Waals surface area contributed by atoms with Crippen LogP contribution in [-0.4, -0.2) is 5.11 Å². The molecule has 0 aromatic heterocycles. The lowest BCUT2D eigenvalue weighted by Crippen LogP contribution is -2.12. The molecule has 0 aliphatic carbocycles. The topological polar surface area (TPSA) is 20.2 Å². The molecule has 1 nitrogen and oxygen atoms in total. The van der Waals surface area contributed by atoms with Crippen molar-refractivity contribution in [1.29, 1.82) is 0 Å². The molecule has 0 saturated heterocycles. The summed E-state index contributed by atoms with van der Waals surface area (Å²) in [7, 11) is 0. The van der Waals surface area contributed by atoms with E-state index in [0.717, 1.165) is 12.1 Å². The Kier molecular flexibility index (Phi) is 3.55. The van der Waals surface area contributed by atoms with E-state index in [9.17, 15) is 22.7 Å². The van der Waals surface area contributed by atoms with Crippen LogP contribution in [0, 0.1) is 18.2 Å². The van der Waals surface area contributed by atoms with Gasteiger partial charge in [0.25, 0.3) is 0 Å². The van der Waals surface area contributed by atoms with Crippen LogP contribution in [0.3, 0.4) is 0 Å². The molecule has 0 spiro atoms. The fraction of sp³-hybridized carbons (Fsp3) is 0.273. The van der Waals surface area contributed by atoms with Crippen molar-refractivity contribution in [2.45, 2.75) is 18.7 Å². The van der Waals surface area contributed by atoms with Crippen molar-refractivity contribution in [2.75, 3.05) is 0 Å². The van der Waals surface area contributed by atoms with E-state index in [4.69, 9.17) is 6.42 Å². The monoisotopic (exact) mass is 232 g/mol. The predicted octanol–water partition coefficient (Wildman–Crippen LogP) is 2.90. The highest BCUT2D eigenvalue weighted by Crippen LogP contribution is 2.35. The Bertz CT molecular complexity index is 417. The SMILES string of the molecule is C#CCC(O)c1ccc(F)cc1C(F)(F)F. The first-order valence-corrected chi connectivity index (χ1v) is 4.34. The van der Waals surface area contributed by atoms with Crippen molar-refractivity contribution in [3.63, 3.8) is 0 Å². The van der Waals surface area contributed by atoms with E-state index < -0.39 is 29.2 Å². The summed E-state index contributed by atoms with van der Waals surface area (Å²) >= 11 is 0. The number of rotatable bonds is 2. The van der Waals surface area contributed by atoms with Gasteiger partial charge in [-0.15, -0.1) is 12.3 Å². The van der Waals surface area contributed by atoms with Crippen molar-refractivity contribution in [2.24, 2.45) is 0 Å². The number of aliphatic hydroxyl groups is 1. The van der Waals surface area contributed by atoms with Crippen LogP contribution in [0.25, 0.3) is 0 Å². The molecule has 1 aromatic rings. The molecule has 1 N–H and O–H groups in total. The van der Waals surface area contributed by atoms with Crippen molar-refractivity contribution in [1.82, 2.24) is 0 Å². The van der Waals surface area contributed by atoms with E-state index in [-0.39, 0.29) is 6.42 Å². The Morgan fingerprint density at radius 3 is 2.50 bits per heavy atom. The van der Waals surface area contributed by atoms with Gasteiger partial charge in [0.2, 0.25) is 0 Å². The minimum absolute atomic E-state index is 0.255. The summed E-state index contributed by atoms with van der Waals surface area (Å²) in [5.74, 6) is 1.04. The van der Waals surface area contributed by atoms with Crippen LogP contribution in [0.2, 0.25) is 0 Å². The Labute approximate surface area is 89.7 Å². The Morgan fingerprint density at radius 2 is 2.00 bits per heavy atom. The van der Waals surface area contributed by atoms with Gasteiger partial charge in [0, 0.05) is 6.42 Å². The van der Waals surface area contributed by atoms with Gasteiger partial charge in [0.1, 0.15) is 5.82 Å². The van der Waals surface area contributed by atoms with Crippen molar-refractivity contribution < 1.29 is 22.7 Å². The largest absolute Gasteiger partial charge is 0.416 e. The molecule has 1 rings (SSSR count). The zero-order valence-corrected chi connectivity index (χ0v) is 8.05. The summed E-state index contributed by atoms with van der Waals surface area (Å²) in [6.07, 6.45) is -1.52. The first-order chi connectivity index (χ1) is 7.36. The first kappa shape index (κ1) is 12.5. The number of hydrogen-bond acceptors (Lipinski definition) is 1. The van der Waals surface area contributed by atoms with E-state index in [0.29, 0.717) is 6.07 Å². The second kappa shape index (κ2) is 4.54. The highest BCUT2D eigenvalue weighted by atomic mass is 19.4. The van der Waals surface area contributed by atoms with E-state index in [1.165, 1.54) is 0 Å². The normalized spacial score (nSPS) is 13.2. The maximum atomic E-state index is 12.7. The summed E-state index contributed by atoms with van der Waals surface area (Å²) in [5, 5.41) is 9.39. The van der Waals surface area contributed by atoms with Gasteiger partial charge in [0.05, 0.1) is 11.7 Å². The molecule has 0 amide bonds. The average molecular weight is 232 g/mol. The predicted molar refractivity (Wildman–Crippen MR) is 49.8 cm³/mol. The van der Waals surface area contributed by atoms with Gasteiger partial charge < -0.3 is 5.11 Å². The summed E-state index contributed by atoms with van der Waals surface area (Å²) in [6.45, 7) is 0. The van der Waals surface area contributed by atoms with Gasteiger partial charge in [-0.1, -0.05) is 6.07 Å². The van der Waals surface area contributed by atoms with Crippen molar-refractivity contribution in [3.05, 3.63) is 35.1 Å². The molecule has 5 heteroatoms. The van der Waals surface area contributed by atoms with Gasteiger partial charge in [-0.2, -0.15) is 13.2 Å². The smallest absolute Gasteiger partial charge is 0.387 e. The maximum Gasteiger partial charge on any atom is 0.416 e. The minimum atomic E-state index is -4.72. The van der Waals surface area contributed by atoms with Crippen LogP contribution < -0.4 is 0 Å². The molecule has 0 aliphatic rings. The Balaban J connectivity index is 3.24. The van der Waals surface area contributed by atoms with Crippen molar-refractivity contribution >= 4 is 0 Å². The maximum absolute atomic E-state index is 12.7. The van der Waals surface area contributed by atoms with E-state index in [1.54, 1.807) is 0 Å². The summed E-state index contributed by atoms with van der Waals surface area (Å²) in [5.41, 5.74) is -1.61. The molecule has 0 bridgehead atoms. The molecule has 16 heavy (non-hydrogen) atoms. The van der Waals surface area contributed by atoms with Crippen LogP contribution in [0.4, 0.5) is 17.6 Å². The van der Waals surface area contributed by atoms with Crippen LogP contribution in [0.1, 0.15) is 23.7 Å². The molecule has 0 fully saturated rings. The Hall–Kier alpha value is -1.54. The van der Waals surface area contributed by atoms with Gasteiger partial charge in [-0.3, -0.25) is 0 Å². The fourth-order valence-electron chi connectivity index (χ4n) is 1.29. The fourth-order valence-corrected chi connectivity index (χ4v) is 1.29. The number of terminal acetylenes is 1. The molecule has 1 aromatic carbocycles. The molecule has 1 unspecified atom stereocenters. The summed E-state index contributed by atoms with van der Waals surface area (Å²) in [6, 6.07) is 2.08. The van der Waals surface area contributed by atoms with Crippen LogP contribution in [0.5, 0.6) is 0 Å². The van der Waals surface area contributed by atoms with Crippen molar-refractivity contribution in [3.8, 4) is 12.3 Å². The number of hydrogen-bond donors (Lipinski definition) is 1. The van der Waals surface area contributed by atoms with Gasteiger partial charge in [0.15, 0.2) is 0 Å². The standard InChI is InChI=1S/C11H8F4O/c1-2-3-10(16)8-5-4-7(12)6-9(8)11(13,14)15/h1,4-6,10,16H,3H2. The van der Waals surface area contributed by atoms with Crippen LogP contribution in [0.15, 0.2) is 18.2 Å². The number of aliphatic hydroxyl groups excluding tert-OH is 1. The minimum Gasteiger partial charge on any atom is -0.387 e. The lowest BCUT2D eigenvalue weighted by molar-refractivity contribution is -0.139. The van der Waals surface area contributed by atoms with Crippen LogP contribution >= 0.6 is 0 Å². The van der Waals surface area contributed by atoms with Gasteiger partial charge in [-0.25, -0.2) is 4.39 Å². The molecule has 0 radical (unpaired) electrons. The summed E-state index contributed by atoms with van der Waals surface area (Å²) in [4.78, 5) is 0. The number of halogens is 4. The lowest BCUT2D eigenvalue weighted by Gasteiger charge is -2.15. The molecular formula is C11H8F4O. The molecular weight excluding hydrogens is 224 g/mol. The van der Waals surface area contributed by atoms with Gasteiger partial charge >= 0.3 is 6.18 Å². The van der Waals surface area contributed by atoms with E-state index >= 15 is 0 Å². The summed E-state index contributed by atoms with van der Waals surface area (Å²) < 4.78 is 50.2. The first-order valence-electron chi connectivity index (χ1n) is 4.34. The molecule has 0 aliphatic heterocycles. The third-order valence-corrected chi connectivity index (χ3v) is 1.99. The highest BCUT2D eigenvalue weighted by molar-refractivity contribution is 5.32. The molecule has 86 valence electrons. The highest BCUT2D eigenvalue weighted by Gasteiger charge is 2.35. The molecule has 1 atom stereocenters. The van der Waals surface area contributed by atoms with E-state index in [2.05, 4.69) is 0 Å². The van der Waals surface area contributed by atoms with Crippen LogP contribution in [-0.2, 0) is 6.18 Å². The number of alkyl halides is 3. The lowest BCUT2D eigenvalue weighted by atomic mass is 10.00. The third-order valence-electron chi connectivity index (χ3n) is 1.99. The zero-order chi connectivity index (χ0) is 12.3. The molecule has 0 saturated carbocycles. The molecule has 0 heterocycles. The quantitative estimate of drug-likeness (QED) is 0.614. The van der Waals surface area contributed by atoms with E-state index in [1.807, 2.05) is 5.92 Å². The number of benzene rings is 1.